The topological polar surface area (TPSA) is 97.1 Å². The summed E-state index contributed by atoms with van der Waals surface area (Å²) >= 11 is 0. The molecule has 0 radical (unpaired) electrons. The molecule has 3 heterocycles. The summed E-state index contributed by atoms with van der Waals surface area (Å²) in [5.41, 5.74) is 9.44. The number of morpholine rings is 1. The summed E-state index contributed by atoms with van der Waals surface area (Å²) in [5.74, 6) is -0.543. The largest absolute Gasteiger partial charge is 0.378 e. The van der Waals surface area contributed by atoms with Gasteiger partial charge in [-0.05, 0) is 23.8 Å². The maximum Gasteiger partial charge on any atom is 0.269 e. The van der Waals surface area contributed by atoms with Crippen LogP contribution in [-0.4, -0.2) is 47.4 Å². The van der Waals surface area contributed by atoms with Gasteiger partial charge in [-0.25, -0.2) is 0 Å². The van der Waals surface area contributed by atoms with Crippen molar-refractivity contribution < 1.29 is 9.53 Å². The minimum atomic E-state index is -0.543. The van der Waals surface area contributed by atoms with Crippen LogP contribution in [0.15, 0.2) is 36.7 Å². The number of fused-ring (bicyclic) bond motifs is 1. The number of carbonyl (C=O) groups is 1. The number of benzene rings is 1. The summed E-state index contributed by atoms with van der Waals surface area (Å²) in [6.07, 6.45) is 3.68. The van der Waals surface area contributed by atoms with Crippen LogP contribution < -0.4 is 10.6 Å². The Labute approximate surface area is 138 Å². The zero-order chi connectivity index (χ0) is 16.5. The highest BCUT2D eigenvalue weighted by atomic mass is 16.5. The lowest BCUT2D eigenvalue weighted by molar-refractivity contribution is 0.0997. The van der Waals surface area contributed by atoms with Gasteiger partial charge in [0.25, 0.3) is 5.91 Å². The lowest BCUT2D eigenvalue weighted by atomic mass is 10.0. The summed E-state index contributed by atoms with van der Waals surface area (Å²) < 4.78 is 5.39. The third-order valence-corrected chi connectivity index (χ3v) is 4.23. The van der Waals surface area contributed by atoms with E-state index in [0.717, 1.165) is 54.0 Å². The smallest absolute Gasteiger partial charge is 0.269 e. The van der Waals surface area contributed by atoms with Crippen LogP contribution in [0.2, 0.25) is 0 Å². The molecule has 2 aromatic heterocycles. The van der Waals surface area contributed by atoms with Crippen LogP contribution >= 0.6 is 0 Å². The number of primary amides is 1. The van der Waals surface area contributed by atoms with Gasteiger partial charge in [-0.15, -0.1) is 0 Å². The molecule has 3 N–H and O–H groups in total. The van der Waals surface area contributed by atoms with Crippen LogP contribution in [0.3, 0.4) is 0 Å². The van der Waals surface area contributed by atoms with Crippen LogP contribution in [0, 0.1) is 0 Å². The molecule has 1 aromatic carbocycles. The Balaban J connectivity index is 1.74. The van der Waals surface area contributed by atoms with E-state index in [1.165, 1.54) is 0 Å². The number of ether oxygens (including phenoxy) is 1. The van der Waals surface area contributed by atoms with Crippen molar-refractivity contribution in [2.24, 2.45) is 5.73 Å². The third-order valence-electron chi connectivity index (χ3n) is 4.23. The number of aromatic nitrogens is 3. The number of nitrogens with two attached hydrogens (primary N) is 1. The van der Waals surface area contributed by atoms with Gasteiger partial charge in [0, 0.05) is 30.2 Å². The molecule has 0 unspecified atom stereocenters. The van der Waals surface area contributed by atoms with E-state index < -0.39 is 5.91 Å². The molecule has 1 aliphatic rings. The number of amides is 1. The quantitative estimate of drug-likeness (QED) is 0.762. The third kappa shape index (κ3) is 2.59. The van der Waals surface area contributed by atoms with E-state index in [4.69, 9.17) is 10.5 Å². The molecule has 7 nitrogen and oxygen atoms in total. The van der Waals surface area contributed by atoms with Crippen molar-refractivity contribution in [3.63, 3.8) is 0 Å². The molecule has 0 aliphatic carbocycles. The highest BCUT2D eigenvalue weighted by Gasteiger charge is 2.14. The second-order valence-electron chi connectivity index (χ2n) is 5.73. The molecule has 0 saturated carbocycles. The van der Waals surface area contributed by atoms with E-state index in [9.17, 15) is 4.79 Å². The van der Waals surface area contributed by atoms with E-state index in [1.54, 1.807) is 0 Å². The normalized spacial score (nSPS) is 14.9. The fraction of sp³-hybridized carbons (Fsp3) is 0.235. The first-order valence-electron chi connectivity index (χ1n) is 7.78. The number of H-pyrrole nitrogens is 1. The van der Waals surface area contributed by atoms with Gasteiger partial charge in [-0.1, -0.05) is 6.07 Å². The van der Waals surface area contributed by atoms with E-state index >= 15 is 0 Å². The zero-order valence-corrected chi connectivity index (χ0v) is 13.0. The number of rotatable bonds is 3. The minimum Gasteiger partial charge on any atom is -0.378 e. The maximum atomic E-state index is 11.5. The molecule has 122 valence electrons. The highest BCUT2D eigenvalue weighted by Crippen LogP contribution is 2.27. The number of pyridine rings is 1. The molecule has 1 saturated heterocycles. The molecule has 1 aliphatic heterocycles. The SMILES string of the molecule is NC(=O)c1n[nH]c2ccc(-c3cncc(N4CCOCC4)c3)cc12. The van der Waals surface area contributed by atoms with Crippen LogP contribution in [0.5, 0.6) is 0 Å². The van der Waals surface area contributed by atoms with Crippen molar-refractivity contribution in [1.82, 2.24) is 15.2 Å². The fourth-order valence-corrected chi connectivity index (χ4v) is 2.96. The van der Waals surface area contributed by atoms with Crippen LogP contribution in [0.25, 0.3) is 22.0 Å². The maximum absolute atomic E-state index is 11.5. The van der Waals surface area contributed by atoms with Crippen molar-refractivity contribution in [3.05, 3.63) is 42.4 Å². The number of hydrogen-bond donors (Lipinski definition) is 2. The second-order valence-corrected chi connectivity index (χ2v) is 5.73. The first kappa shape index (κ1) is 14.6. The Morgan fingerprint density at radius 3 is 2.79 bits per heavy atom. The van der Waals surface area contributed by atoms with Gasteiger partial charge >= 0.3 is 0 Å². The summed E-state index contributed by atoms with van der Waals surface area (Å²) in [6.45, 7) is 3.18. The average molecular weight is 323 g/mol. The Bertz CT molecular complexity index is 899. The summed E-state index contributed by atoms with van der Waals surface area (Å²) in [6, 6.07) is 7.89. The number of hydrogen-bond acceptors (Lipinski definition) is 5. The van der Waals surface area contributed by atoms with Gasteiger partial charge in [0.05, 0.1) is 30.6 Å². The lowest BCUT2D eigenvalue weighted by Crippen LogP contribution is -2.36. The van der Waals surface area contributed by atoms with Crippen molar-refractivity contribution in [2.45, 2.75) is 0 Å². The van der Waals surface area contributed by atoms with E-state index in [1.807, 2.05) is 30.6 Å². The summed E-state index contributed by atoms with van der Waals surface area (Å²) in [7, 11) is 0. The molecule has 0 atom stereocenters. The van der Waals surface area contributed by atoms with Gasteiger partial charge in [0.2, 0.25) is 0 Å². The van der Waals surface area contributed by atoms with E-state index in [-0.39, 0.29) is 5.69 Å². The number of carbonyl (C=O) groups excluding carboxylic acids is 1. The van der Waals surface area contributed by atoms with Crippen LogP contribution in [0.1, 0.15) is 10.5 Å². The van der Waals surface area contributed by atoms with Crippen molar-refractivity contribution >= 4 is 22.5 Å². The molecular weight excluding hydrogens is 306 g/mol. The van der Waals surface area contributed by atoms with Crippen LogP contribution in [0.4, 0.5) is 5.69 Å². The molecule has 0 spiro atoms. The molecule has 7 heteroatoms. The van der Waals surface area contributed by atoms with Crippen molar-refractivity contribution in [2.75, 3.05) is 31.2 Å². The van der Waals surface area contributed by atoms with Gasteiger partial charge in [-0.2, -0.15) is 5.10 Å². The molecule has 1 fully saturated rings. The molecular formula is C17H17N5O2. The number of nitrogens with zero attached hydrogens (tertiary/aromatic N) is 3. The minimum absolute atomic E-state index is 0.254. The van der Waals surface area contributed by atoms with Crippen molar-refractivity contribution in [3.8, 4) is 11.1 Å². The fourth-order valence-electron chi connectivity index (χ4n) is 2.96. The van der Waals surface area contributed by atoms with Crippen LogP contribution in [-0.2, 0) is 4.74 Å². The predicted molar refractivity (Wildman–Crippen MR) is 90.9 cm³/mol. The van der Waals surface area contributed by atoms with E-state index in [2.05, 4.69) is 26.1 Å². The Morgan fingerprint density at radius 1 is 1.17 bits per heavy atom. The van der Waals surface area contributed by atoms with Gasteiger partial charge < -0.3 is 15.4 Å². The van der Waals surface area contributed by atoms with E-state index in [0.29, 0.717) is 0 Å². The Morgan fingerprint density at radius 2 is 2.00 bits per heavy atom. The molecule has 24 heavy (non-hydrogen) atoms. The summed E-state index contributed by atoms with van der Waals surface area (Å²) in [5, 5.41) is 7.53. The lowest BCUT2D eigenvalue weighted by Gasteiger charge is -2.28. The molecule has 3 aromatic rings. The highest BCUT2D eigenvalue weighted by molar-refractivity contribution is 6.04. The first-order valence-corrected chi connectivity index (χ1v) is 7.78. The standard InChI is InChI=1S/C17H17N5O2/c18-17(23)16-14-8-11(1-2-15(14)20-21-16)12-7-13(10-19-9-12)22-3-5-24-6-4-22/h1-2,7-10H,3-6H2,(H2,18,23)(H,20,21). The number of nitrogens with one attached hydrogen (secondary N) is 1. The molecule has 0 bridgehead atoms. The number of aromatic amines is 1. The number of anilines is 1. The second kappa shape index (κ2) is 5.93. The first-order chi connectivity index (χ1) is 11.7. The Hall–Kier alpha value is -2.93. The Kier molecular flexibility index (Phi) is 3.62. The van der Waals surface area contributed by atoms with Gasteiger partial charge in [0.1, 0.15) is 0 Å². The average Bonchev–Trinajstić information content (AvgIpc) is 3.06. The van der Waals surface area contributed by atoms with Gasteiger partial charge in [-0.3, -0.25) is 14.9 Å². The monoisotopic (exact) mass is 323 g/mol. The van der Waals surface area contributed by atoms with Crippen molar-refractivity contribution in [1.29, 1.82) is 0 Å². The molecule has 4 rings (SSSR count). The zero-order valence-electron chi connectivity index (χ0n) is 13.0. The van der Waals surface area contributed by atoms with Gasteiger partial charge in [0.15, 0.2) is 5.69 Å². The molecule has 1 amide bonds. The summed E-state index contributed by atoms with van der Waals surface area (Å²) in [4.78, 5) is 18.1. The predicted octanol–water partition coefficient (Wildman–Crippen LogP) is 1.56.